The van der Waals surface area contributed by atoms with Crippen LogP contribution in [0.3, 0.4) is 0 Å². The van der Waals surface area contributed by atoms with Gasteiger partial charge in [0.15, 0.2) is 0 Å². The molecule has 1 saturated heterocycles. The predicted octanol–water partition coefficient (Wildman–Crippen LogP) is 5.19. The van der Waals surface area contributed by atoms with E-state index in [0.717, 1.165) is 23.1 Å². The van der Waals surface area contributed by atoms with Gasteiger partial charge in [0, 0.05) is 42.7 Å². The summed E-state index contributed by atoms with van der Waals surface area (Å²) in [6, 6.07) is 14.7. The van der Waals surface area contributed by atoms with E-state index in [-0.39, 0.29) is 12.0 Å². The number of halogens is 1. The Bertz CT molecular complexity index is 1210. The Morgan fingerprint density at radius 2 is 1.85 bits per heavy atom. The molecule has 3 aromatic rings. The van der Waals surface area contributed by atoms with E-state index in [1.165, 1.54) is 0 Å². The van der Waals surface area contributed by atoms with Gasteiger partial charge < -0.3 is 14.5 Å². The quantitative estimate of drug-likeness (QED) is 0.487. The molecule has 1 fully saturated rings. The molecule has 2 amide bonds. The molecule has 4 rings (SSSR count). The van der Waals surface area contributed by atoms with Crippen LogP contribution in [0, 0.1) is 0 Å². The Labute approximate surface area is 197 Å². The van der Waals surface area contributed by atoms with Crippen LogP contribution >= 0.6 is 11.6 Å². The van der Waals surface area contributed by atoms with Crippen LogP contribution < -0.4 is 0 Å². The summed E-state index contributed by atoms with van der Waals surface area (Å²) >= 11 is 6.53. The zero-order valence-electron chi connectivity index (χ0n) is 18.5. The summed E-state index contributed by atoms with van der Waals surface area (Å²) < 4.78 is 5.19. The van der Waals surface area contributed by atoms with Crippen molar-refractivity contribution in [3.05, 3.63) is 59.1 Å². The molecule has 8 heteroatoms. The highest BCUT2D eigenvalue weighted by atomic mass is 35.5. The van der Waals surface area contributed by atoms with Gasteiger partial charge in [-0.1, -0.05) is 36.7 Å². The van der Waals surface area contributed by atoms with Crippen molar-refractivity contribution in [2.75, 3.05) is 32.8 Å². The van der Waals surface area contributed by atoms with E-state index in [9.17, 15) is 9.59 Å². The summed E-state index contributed by atoms with van der Waals surface area (Å²) in [5.41, 5.74) is 3.48. The van der Waals surface area contributed by atoms with Crippen LogP contribution in [0.5, 0.6) is 0 Å². The Morgan fingerprint density at radius 1 is 1.09 bits per heavy atom. The standard InChI is InChI=1S/C25H25ClN4O3/c1-3-13-33-25(32)30-11-9-29(10-12-30)24(31)18-7-8-20-21(26)16-22(28-23(20)15-18)17-5-4-6-19(14-17)27-2/h4-8,14-16H,2-3,9-13H2,1H3. The van der Waals surface area contributed by atoms with Crippen LogP contribution in [0.2, 0.25) is 5.02 Å². The van der Waals surface area contributed by atoms with Gasteiger partial charge >= 0.3 is 6.09 Å². The number of benzene rings is 2. The number of aromatic nitrogens is 1. The molecule has 0 bridgehead atoms. The van der Waals surface area contributed by atoms with Crippen LogP contribution in [-0.2, 0) is 4.74 Å². The molecule has 0 saturated carbocycles. The summed E-state index contributed by atoms with van der Waals surface area (Å²) in [5.74, 6) is -0.0975. The fraction of sp³-hybridized carbons (Fsp3) is 0.280. The molecular formula is C25H25ClN4O3. The number of pyridine rings is 1. The lowest BCUT2D eigenvalue weighted by molar-refractivity contribution is 0.0560. The first-order valence-electron chi connectivity index (χ1n) is 10.9. The van der Waals surface area contributed by atoms with Crippen molar-refractivity contribution in [1.29, 1.82) is 0 Å². The number of rotatable bonds is 5. The first-order valence-corrected chi connectivity index (χ1v) is 11.3. The largest absolute Gasteiger partial charge is 0.449 e. The predicted molar refractivity (Wildman–Crippen MR) is 131 cm³/mol. The van der Waals surface area contributed by atoms with Gasteiger partial charge in [0.2, 0.25) is 0 Å². The number of piperazine rings is 1. The minimum atomic E-state index is -0.322. The highest BCUT2D eigenvalue weighted by Gasteiger charge is 2.26. The molecule has 33 heavy (non-hydrogen) atoms. The van der Waals surface area contributed by atoms with Crippen molar-refractivity contribution in [1.82, 2.24) is 14.8 Å². The smallest absolute Gasteiger partial charge is 0.409 e. The second kappa shape index (κ2) is 10.0. The third-order valence-electron chi connectivity index (χ3n) is 5.59. The van der Waals surface area contributed by atoms with Gasteiger partial charge in [0.1, 0.15) is 0 Å². The van der Waals surface area contributed by atoms with E-state index < -0.39 is 0 Å². The number of ether oxygens (including phenoxy) is 1. The minimum absolute atomic E-state index is 0.0975. The fourth-order valence-corrected chi connectivity index (χ4v) is 4.05. The first-order chi connectivity index (χ1) is 16.0. The summed E-state index contributed by atoms with van der Waals surface area (Å²) in [6.45, 7) is 7.73. The van der Waals surface area contributed by atoms with Crippen molar-refractivity contribution in [2.24, 2.45) is 4.99 Å². The number of hydrogen-bond acceptors (Lipinski definition) is 5. The van der Waals surface area contributed by atoms with E-state index >= 15 is 0 Å². The second-order valence-corrected chi connectivity index (χ2v) is 8.23. The van der Waals surface area contributed by atoms with Crippen LogP contribution in [0.25, 0.3) is 22.2 Å². The monoisotopic (exact) mass is 464 g/mol. The van der Waals surface area contributed by atoms with E-state index in [0.29, 0.717) is 54.6 Å². The molecule has 0 unspecified atom stereocenters. The highest BCUT2D eigenvalue weighted by molar-refractivity contribution is 6.35. The van der Waals surface area contributed by atoms with Gasteiger partial charge in [-0.05, 0) is 43.5 Å². The van der Waals surface area contributed by atoms with Crippen molar-refractivity contribution in [2.45, 2.75) is 13.3 Å². The number of fused-ring (bicyclic) bond motifs is 1. The van der Waals surface area contributed by atoms with Gasteiger partial charge in [-0.2, -0.15) is 0 Å². The summed E-state index contributed by atoms with van der Waals surface area (Å²) in [7, 11) is 0. The second-order valence-electron chi connectivity index (χ2n) is 7.82. The van der Waals surface area contributed by atoms with Crippen molar-refractivity contribution >= 4 is 46.9 Å². The van der Waals surface area contributed by atoms with Crippen molar-refractivity contribution in [3.8, 4) is 11.3 Å². The lowest BCUT2D eigenvalue weighted by Crippen LogP contribution is -2.50. The van der Waals surface area contributed by atoms with E-state index in [1.807, 2.05) is 43.3 Å². The molecule has 7 nitrogen and oxygen atoms in total. The minimum Gasteiger partial charge on any atom is -0.449 e. The van der Waals surface area contributed by atoms with Gasteiger partial charge in [0.05, 0.1) is 28.5 Å². The number of carbonyl (C=O) groups is 2. The maximum Gasteiger partial charge on any atom is 0.409 e. The van der Waals surface area contributed by atoms with E-state index in [4.69, 9.17) is 21.3 Å². The average Bonchev–Trinajstić information content (AvgIpc) is 2.86. The molecule has 1 aliphatic rings. The third kappa shape index (κ3) is 4.98. The molecule has 0 atom stereocenters. The number of carbonyl (C=O) groups excluding carboxylic acids is 2. The molecule has 2 aromatic carbocycles. The van der Waals surface area contributed by atoms with Crippen molar-refractivity contribution in [3.63, 3.8) is 0 Å². The Balaban J connectivity index is 1.54. The molecule has 0 aliphatic carbocycles. The van der Waals surface area contributed by atoms with E-state index in [2.05, 4.69) is 11.7 Å². The summed E-state index contributed by atoms with van der Waals surface area (Å²) in [4.78, 5) is 37.3. The molecule has 1 aliphatic heterocycles. The van der Waals surface area contributed by atoms with Crippen LogP contribution in [0.15, 0.2) is 53.5 Å². The average molecular weight is 465 g/mol. The SMILES string of the molecule is C=Nc1cccc(-c2cc(Cl)c3ccc(C(=O)N4CCN(C(=O)OCCC)CC4)cc3n2)c1. The molecule has 0 N–H and O–H groups in total. The number of aliphatic imine (C=N–C) groups is 1. The molecular weight excluding hydrogens is 440 g/mol. The van der Waals surface area contributed by atoms with Gasteiger partial charge in [-0.3, -0.25) is 9.79 Å². The Kier molecular flexibility index (Phi) is 6.89. The number of nitrogens with zero attached hydrogens (tertiary/aromatic N) is 4. The molecule has 2 heterocycles. The Hall–Kier alpha value is -3.45. The van der Waals surface area contributed by atoms with Crippen LogP contribution in [0.4, 0.5) is 10.5 Å². The molecule has 0 radical (unpaired) electrons. The lowest BCUT2D eigenvalue weighted by Gasteiger charge is -2.34. The topological polar surface area (TPSA) is 75.1 Å². The number of amides is 2. The normalized spacial score (nSPS) is 13.8. The highest BCUT2D eigenvalue weighted by Crippen LogP contribution is 2.30. The molecule has 170 valence electrons. The third-order valence-corrected chi connectivity index (χ3v) is 5.90. The fourth-order valence-electron chi connectivity index (χ4n) is 3.79. The summed E-state index contributed by atoms with van der Waals surface area (Å²) in [5, 5.41) is 1.34. The maximum atomic E-state index is 13.1. The maximum absolute atomic E-state index is 13.1. The first kappa shape index (κ1) is 22.7. The Morgan fingerprint density at radius 3 is 2.58 bits per heavy atom. The van der Waals surface area contributed by atoms with Crippen molar-refractivity contribution < 1.29 is 14.3 Å². The van der Waals surface area contributed by atoms with Gasteiger partial charge in [0.25, 0.3) is 5.91 Å². The molecule has 1 aromatic heterocycles. The number of hydrogen-bond donors (Lipinski definition) is 0. The van der Waals surface area contributed by atoms with Gasteiger partial charge in [-0.15, -0.1) is 0 Å². The molecule has 0 spiro atoms. The van der Waals surface area contributed by atoms with Crippen LogP contribution in [0.1, 0.15) is 23.7 Å². The van der Waals surface area contributed by atoms with Crippen LogP contribution in [-0.4, -0.2) is 66.3 Å². The summed E-state index contributed by atoms with van der Waals surface area (Å²) in [6.07, 6.45) is 0.458. The zero-order chi connectivity index (χ0) is 23.4. The van der Waals surface area contributed by atoms with Gasteiger partial charge in [-0.25, -0.2) is 9.78 Å². The van der Waals surface area contributed by atoms with E-state index in [1.54, 1.807) is 21.9 Å². The zero-order valence-corrected chi connectivity index (χ0v) is 19.2. The lowest BCUT2D eigenvalue weighted by atomic mass is 10.1.